The number of ketones is 1. The van der Waals surface area contributed by atoms with Crippen LogP contribution in [-0.2, 0) is 14.3 Å². The molecule has 2 N–H and O–H groups in total. The van der Waals surface area contributed by atoms with Crippen LogP contribution in [0.1, 0.15) is 111 Å². The van der Waals surface area contributed by atoms with Crippen molar-refractivity contribution >= 4 is 11.7 Å². The Hall–Kier alpha value is -1.24. The van der Waals surface area contributed by atoms with Crippen LogP contribution in [0, 0.1) is 46.3 Å². The summed E-state index contributed by atoms with van der Waals surface area (Å²) in [6, 6.07) is 0.172. The van der Waals surface area contributed by atoms with Crippen molar-refractivity contribution in [2.75, 3.05) is 27.2 Å². The van der Waals surface area contributed by atoms with Gasteiger partial charge in [-0.15, -0.1) is 0 Å². The van der Waals surface area contributed by atoms with Gasteiger partial charge in [-0.25, -0.2) is 0 Å². The number of fused-ring (bicyclic) bond motifs is 7. The molecule has 5 fully saturated rings. The zero-order chi connectivity index (χ0) is 29.9. The summed E-state index contributed by atoms with van der Waals surface area (Å²) in [6.45, 7) is 12.1. The number of piperidine rings is 1. The first-order valence-electron chi connectivity index (χ1n) is 17.5. The molecular weight excluding hydrogens is 522 g/mol. The quantitative estimate of drug-likeness (QED) is 0.206. The lowest BCUT2D eigenvalue weighted by Crippen LogP contribution is -2.57. The molecule has 1 amide bonds. The highest BCUT2D eigenvalue weighted by molar-refractivity contribution is 5.98. The lowest BCUT2D eigenvalue weighted by molar-refractivity contribution is -0.128. The molecule has 6 heteroatoms. The van der Waals surface area contributed by atoms with Crippen LogP contribution in [0.25, 0.3) is 0 Å². The second-order valence-corrected chi connectivity index (χ2v) is 16.4. The molecule has 1 spiro atoms. The third-order valence-corrected chi connectivity index (χ3v) is 13.6. The van der Waals surface area contributed by atoms with Crippen molar-refractivity contribution in [3.63, 3.8) is 0 Å². The monoisotopic (exact) mass is 581 g/mol. The largest absolute Gasteiger partial charge is 0.357 e. The minimum atomic E-state index is -0.0855. The number of Topliss-reactive ketones (excluding diaryl/α,β-unsaturated/α-hetero) is 1. The number of amides is 1. The highest BCUT2D eigenvalue weighted by Crippen LogP contribution is 2.70. The smallest absolute Gasteiger partial charge is 0.227 e. The number of nitrogens with one attached hydrogen (secondary N) is 2. The number of carbonyl (C=O) groups excluding carboxylic acids is 2. The molecule has 236 valence electrons. The van der Waals surface area contributed by atoms with Gasteiger partial charge in [0.2, 0.25) is 5.91 Å². The second-order valence-electron chi connectivity index (χ2n) is 16.4. The zero-order valence-electron chi connectivity index (χ0n) is 27.5. The number of allylic oxidation sites excluding steroid dienone is 1. The first kappa shape index (κ1) is 30.8. The minimum Gasteiger partial charge on any atom is -0.357 e. The molecule has 0 unspecified atom stereocenters. The lowest BCUT2D eigenvalue weighted by Gasteiger charge is -2.58. The summed E-state index contributed by atoms with van der Waals surface area (Å²) < 4.78 is 7.07. The number of nitrogens with zero attached hydrogens (tertiary/aromatic N) is 1. The van der Waals surface area contributed by atoms with Crippen molar-refractivity contribution in [3.05, 3.63) is 11.6 Å². The molecule has 0 aromatic rings. The van der Waals surface area contributed by atoms with Gasteiger partial charge in [-0.05, 0) is 132 Å². The second kappa shape index (κ2) is 11.6. The first-order chi connectivity index (χ1) is 19.9. The van der Waals surface area contributed by atoms with Gasteiger partial charge in [0.05, 0.1) is 12.5 Å². The Morgan fingerprint density at radius 3 is 2.62 bits per heavy atom. The molecule has 0 radical (unpaired) electrons. The molecule has 0 aromatic carbocycles. The molecule has 0 bridgehead atoms. The van der Waals surface area contributed by atoms with Crippen molar-refractivity contribution in [2.45, 2.75) is 129 Å². The van der Waals surface area contributed by atoms with Gasteiger partial charge in [0.25, 0.3) is 0 Å². The van der Waals surface area contributed by atoms with E-state index in [1.54, 1.807) is 5.57 Å². The summed E-state index contributed by atoms with van der Waals surface area (Å²) in [5.74, 6) is 4.26. The standard InChI is InChI=1S/C36H59N3O3/c1-23-12-17-36(37-22-23)24(2)33-31(42-36)21-30-28-11-10-25-19-26(13-15-34(25,3)29(28)14-16-35(30,33)4)38-32(41)20-27(40)9-7-8-18-39(5)6/h10,23-24,26,28-31,33,37H,7-9,11-22H2,1-6H3,(H,38,41)/t23-,24+,26-,28-,29+,30+,31+,33+,34+,35+,36-/m1/s1. The molecule has 2 saturated heterocycles. The zero-order valence-corrected chi connectivity index (χ0v) is 27.5. The molecule has 0 aromatic heterocycles. The summed E-state index contributed by atoms with van der Waals surface area (Å²) in [5, 5.41) is 7.15. The number of rotatable bonds is 8. The molecular formula is C36H59N3O3. The molecule has 2 heterocycles. The molecule has 3 saturated carbocycles. The van der Waals surface area contributed by atoms with Crippen LogP contribution in [0.4, 0.5) is 0 Å². The Balaban J connectivity index is 1.06. The Morgan fingerprint density at radius 2 is 1.88 bits per heavy atom. The highest BCUT2D eigenvalue weighted by atomic mass is 16.5. The van der Waals surface area contributed by atoms with E-state index in [-0.39, 0.29) is 35.3 Å². The maximum Gasteiger partial charge on any atom is 0.227 e. The van der Waals surface area contributed by atoms with Crippen LogP contribution in [0.2, 0.25) is 0 Å². The molecule has 42 heavy (non-hydrogen) atoms. The van der Waals surface area contributed by atoms with Crippen molar-refractivity contribution in [1.82, 2.24) is 15.5 Å². The van der Waals surface area contributed by atoms with E-state index in [1.807, 2.05) is 0 Å². The number of hydrogen-bond donors (Lipinski definition) is 2. The number of unbranched alkanes of at least 4 members (excludes halogenated alkanes) is 1. The van der Waals surface area contributed by atoms with E-state index in [0.29, 0.717) is 29.8 Å². The molecule has 6 nitrogen and oxygen atoms in total. The Bertz CT molecular complexity index is 1060. The van der Waals surface area contributed by atoms with Crippen molar-refractivity contribution in [2.24, 2.45) is 46.3 Å². The summed E-state index contributed by atoms with van der Waals surface area (Å²) in [6.07, 6.45) is 16.1. The average molecular weight is 582 g/mol. The number of carbonyl (C=O) groups is 2. The van der Waals surface area contributed by atoms with Gasteiger partial charge in [0.1, 0.15) is 11.5 Å². The van der Waals surface area contributed by atoms with Crippen molar-refractivity contribution in [3.8, 4) is 0 Å². The lowest BCUT2D eigenvalue weighted by atomic mass is 9.46. The normalized spacial score (nSPS) is 46.0. The summed E-state index contributed by atoms with van der Waals surface area (Å²) in [7, 11) is 4.10. The third-order valence-electron chi connectivity index (χ3n) is 13.6. The highest BCUT2D eigenvalue weighted by Gasteiger charge is 2.68. The SMILES string of the molecule is C[C@@H]1CC[C@@]2(NC1)O[C@H]1C[C@H]3[C@@H]4CC=C5C[C@H](NC(=O)CC(=O)CCCCN(C)C)CC[C@]5(C)[C@H]4CC[C@]3(C)[C@H]1[C@@H]2C. The van der Waals surface area contributed by atoms with E-state index in [9.17, 15) is 9.59 Å². The van der Waals surface area contributed by atoms with Crippen molar-refractivity contribution < 1.29 is 14.3 Å². The van der Waals surface area contributed by atoms with E-state index >= 15 is 0 Å². The maximum atomic E-state index is 12.8. The van der Waals surface area contributed by atoms with E-state index in [2.05, 4.69) is 63.4 Å². The summed E-state index contributed by atoms with van der Waals surface area (Å²) >= 11 is 0. The van der Waals surface area contributed by atoms with Gasteiger partial charge in [-0.1, -0.05) is 39.3 Å². The fourth-order valence-corrected chi connectivity index (χ4v) is 11.3. The third kappa shape index (κ3) is 5.34. The van der Waals surface area contributed by atoms with E-state index in [4.69, 9.17) is 4.74 Å². The van der Waals surface area contributed by atoms with E-state index in [1.165, 1.54) is 38.5 Å². The summed E-state index contributed by atoms with van der Waals surface area (Å²) in [5.41, 5.74) is 2.13. The van der Waals surface area contributed by atoms with Crippen LogP contribution in [0.3, 0.4) is 0 Å². The Kier molecular flexibility index (Phi) is 8.50. The minimum absolute atomic E-state index is 0.0401. The predicted octanol–water partition coefficient (Wildman–Crippen LogP) is 6.10. The number of hydrogen-bond acceptors (Lipinski definition) is 5. The Morgan fingerprint density at radius 1 is 1.07 bits per heavy atom. The molecule has 6 rings (SSSR count). The molecule has 2 aliphatic heterocycles. The number of ether oxygens (including phenoxy) is 1. The van der Waals surface area contributed by atoms with Crippen molar-refractivity contribution in [1.29, 1.82) is 0 Å². The van der Waals surface area contributed by atoms with Crippen LogP contribution in [-0.4, -0.2) is 61.6 Å². The maximum absolute atomic E-state index is 12.8. The average Bonchev–Trinajstić information content (AvgIpc) is 3.38. The topological polar surface area (TPSA) is 70.7 Å². The van der Waals surface area contributed by atoms with Gasteiger partial charge in [-0.2, -0.15) is 0 Å². The molecule has 6 aliphatic rings. The van der Waals surface area contributed by atoms with Gasteiger partial charge in [0, 0.05) is 24.9 Å². The van der Waals surface area contributed by atoms with Crippen LogP contribution < -0.4 is 10.6 Å². The van der Waals surface area contributed by atoms with Gasteiger partial charge >= 0.3 is 0 Å². The van der Waals surface area contributed by atoms with Gasteiger partial charge in [-0.3, -0.25) is 14.9 Å². The fraction of sp³-hybridized carbons (Fsp3) is 0.889. The molecule has 11 atom stereocenters. The first-order valence-corrected chi connectivity index (χ1v) is 17.5. The van der Waals surface area contributed by atoms with E-state index in [0.717, 1.165) is 68.9 Å². The molecule has 4 aliphatic carbocycles. The van der Waals surface area contributed by atoms with Crippen LogP contribution >= 0.6 is 0 Å². The Labute approximate surface area is 255 Å². The predicted molar refractivity (Wildman–Crippen MR) is 168 cm³/mol. The summed E-state index contributed by atoms with van der Waals surface area (Å²) in [4.78, 5) is 27.3. The van der Waals surface area contributed by atoms with Crippen LogP contribution in [0.15, 0.2) is 11.6 Å². The van der Waals surface area contributed by atoms with E-state index < -0.39 is 0 Å². The van der Waals surface area contributed by atoms with Crippen LogP contribution in [0.5, 0.6) is 0 Å². The fourth-order valence-electron chi connectivity index (χ4n) is 11.3. The van der Waals surface area contributed by atoms with Gasteiger partial charge in [0.15, 0.2) is 0 Å². The van der Waals surface area contributed by atoms with Gasteiger partial charge < -0.3 is 15.0 Å².